The van der Waals surface area contributed by atoms with Crippen molar-refractivity contribution < 1.29 is 9.18 Å². The van der Waals surface area contributed by atoms with Gasteiger partial charge in [0.05, 0.1) is 0 Å². The number of halogens is 2. The topological polar surface area (TPSA) is 33.2 Å². The van der Waals surface area contributed by atoms with Crippen LogP contribution in [0.4, 0.5) is 10.2 Å². The molecule has 74 valence electrons. The SMILES string of the molecule is O=C1CC(Br)CN1c1cccc(F)n1. The first-order valence-electron chi connectivity index (χ1n) is 4.24. The van der Waals surface area contributed by atoms with Crippen LogP contribution in [-0.2, 0) is 4.79 Å². The molecular weight excluding hydrogens is 251 g/mol. The molecule has 2 heterocycles. The second-order valence-corrected chi connectivity index (χ2v) is 4.42. The minimum absolute atomic E-state index is 0.0232. The van der Waals surface area contributed by atoms with Crippen molar-refractivity contribution in [3.63, 3.8) is 0 Å². The average molecular weight is 259 g/mol. The molecule has 0 radical (unpaired) electrons. The van der Waals surface area contributed by atoms with Crippen molar-refractivity contribution >= 4 is 27.7 Å². The Hall–Kier alpha value is -0.970. The fraction of sp³-hybridized carbons (Fsp3) is 0.333. The fourth-order valence-electron chi connectivity index (χ4n) is 1.43. The number of alkyl halides is 1. The van der Waals surface area contributed by atoms with Crippen LogP contribution in [0.5, 0.6) is 0 Å². The molecular formula is C9H8BrFN2O. The second-order valence-electron chi connectivity index (χ2n) is 3.12. The minimum atomic E-state index is -0.562. The van der Waals surface area contributed by atoms with Crippen LogP contribution in [0, 0.1) is 5.95 Å². The van der Waals surface area contributed by atoms with Gasteiger partial charge >= 0.3 is 0 Å². The van der Waals surface area contributed by atoms with Crippen molar-refractivity contribution in [1.29, 1.82) is 0 Å². The van der Waals surface area contributed by atoms with Crippen LogP contribution < -0.4 is 4.90 Å². The standard InChI is InChI=1S/C9H8BrFN2O/c10-6-4-9(14)13(5-6)8-3-1-2-7(11)12-8/h1-3,6H,4-5H2. The smallest absolute Gasteiger partial charge is 0.229 e. The van der Waals surface area contributed by atoms with E-state index in [1.54, 1.807) is 12.1 Å². The molecule has 5 heteroatoms. The average Bonchev–Trinajstić information content (AvgIpc) is 2.45. The molecule has 1 fully saturated rings. The van der Waals surface area contributed by atoms with Crippen molar-refractivity contribution in [2.75, 3.05) is 11.4 Å². The maximum absolute atomic E-state index is 12.8. The van der Waals surface area contributed by atoms with Gasteiger partial charge in [-0.15, -0.1) is 0 Å². The van der Waals surface area contributed by atoms with Gasteiger partial charge in [-0.3, -0.25) is 9.69 Å². The van der Waals surface area contributed by atoms with Gasteiger partial charge in [-0.2, -0.15) is 4.39 Å². The lowest BCUT2D eigenvalue weighted by Gasteiger charge is -2.13. The van der Waals surface area contributed by atoms with Gasteiger partial charge in [0, 0.05) is 17.8 Å². The molecule has 1 saturated heterocycles. The summed E-state index contributed by atoms with van der Waals surface area (Å²) in [6.45, 7) is 0.551. The number of pyridine rings is 1. The summed E-state index contributed by atoms with van der Waals surface area (Å²) in [5.41, 5.74) is 0. The van der Waals surface area contributed by atoms with Crippen molar-refractivity contribution in [1.82, 2.24) is 4.98 Å². The molecule has 1 aromatic heterocycles. The lowest BCUT2D eigenvalue weighted by atomic mass is 10.4. The molecule has 1 atom stereocenters. The number of hydrogen-bond donors (Lipinski definition) is 0. The molecule has 2 rings (SSSR count). The van der Waals surface area contributed by atoms with Crippen molar-refractivity contribution in [2.45, 2.75) is 11.2 Å². The molecule has 1 unspecified atom stereocenters. The van der Waals surface area contributed by atoms with E-state index in [0.717, 1.165) is 0 Å². The molecule has 0 N–H and O–H groups in total. The first-order chi connectivity index (χ1) is 6.66. The zero-order valence-electron chi connectivity index (χ0n) is 7.28. The third kappa shape index (κ3) is 1.77. The highest BCUT2D eigenvalue weighted by atomic mass is 79.9. The summed E-state index contributed by atoms with van der Waals surface area (Å²) in [5, 5.41) is 0. The van der Waals surface area contributed by atoms with Crippen LogP contribution in [0.25, 0.3) is 0 Å². The predicted octanol–water partition coefficient (Wildman–Crippen LogP) is 1.72. The summed E-state index contributed by atoms with van der Waals surface area (Å²) in [5.74, 6) is -0.199. The van der Waals surface area contributed by atoms with Crippen LogP contribution in [0.2, 0.25) is 0 Å². The zero-order chi connectivity index (χ0) is 10.1. The number of rotatable bonds is 1. The number of anilines is 1. The minimum Gasteiger partial charge on any atom is -0.296 e. The summed E-state index contributed by atoms with van der Waals surface area (Å²) >= 11 is 3.35. The molecule has 0 bridgehead atoms. The molecule has 0 aromatic carbocycles. The van der Waals surface area contributed by atoms with E-state index in [9.17, 15) is 9.18 Å². The molecule has 0 aliphatic carbocycles. The lowest BCUT2D eigenvalue weighted by molar-refractivity contribution is -0.117. The van der Waals surface area contributed by atoms with Gasteiger partial charge in [0.25, 0.3) is 0 Å². The van der Waals surface area contributed by atoms with Crippen molar-refractivity contribution in [2.24, 2.45) is 0 Å². The molecule has 1 aromatic rings. The number of amides is 1. The lowest BCUT2D eigenvalue weighted by Crippen LogP contribution is -2.25. The van der Waals surface area contributed by atoms with Gasteiger partial charge in [-0.05, 0) is 12.1 Å². The normalized spacial score (nSPS) is 21.7. The third-order valence-electron chi connectivity index (χ3n) is 2.05. The highest BCUT2D eigenvalue weighted by Crippen LogP contribution is 2.23. The monoisotopic (exact) mass is 258 g/mol. The van der Waals surface area contributed by atoms with Crippen LogP contribution in [0.15, 0.2) is 18.2 Å². The molecule has 3 nitrogen and oxygen atoms in total. The summed E-state index contributed by atoms with van der Waals surface area (Å²) < 4.78 is 12.8. The van der Waals surface area contributed by atoms with Gasteiger partial charge in [-0.1, -0.05) is 22.0 Å². The van der Waals surface area contributed by atoms with E-state index in [0.29, 0.717) is 18.8 Å². The van der Waals surface area contributed by atoms with E-state index in [4.69, 9.17) is 0 Å². The summed E-state index contributed by atoms with van der Waals surface area (Å²) in [6, 6.07) is 4.44. The Morgan fingerprint density at radius 3 is 2.93 bits per heavy atom. The largest absolute Gasteiger partial charge is 0.296 e. The van der Waals surface area contributed by atoms with E-state index in [-0.39, 0.29) is 10.7 Å². The Morgan fingerprint density at radius 2 is 2.36 bits per heavy atom. The molecule has 1 aliphatic heterocycles. The first kappa shape index (κ1) is 9.58. The van der Waals surface area contributed by atoms with E-state index < -0.39 is 5.95 Å². The van der Waals surface area contributed by atoms with Gasteiger partial charge in [0.15, 0.2) is 0 Å². The molecule has 1 aliphatic rings. The first-order valence-corrected chi connectivity index (χ1v) is 5.15. The van der Waals surface area contributed by atoms with E-state index in [1.807, 2.05) is 0 Å². The zero-order valence-corrected chi connectivity index (χ0v) is 8.87. The van der Waals surface area contributed by atoms with Crippen molar-refractivity contribution in [3.05, 3.63) is 24.1 Å². The van der Waals surface area contributed by atoms with Gasteiger partial charge < -0.3 is 0 Å². The van der Waals surface area contributed by atoms with Crippen LogP contribution in [-0.4, -0.2) is 22.3 Å². The highest BCUT2D eigenvalue weighted by molar-refractivity contribution is 9.09. The number of carbonyl (C=O) groups is 1. The molecule has 14 heavy (non-hydrogen) atoms. The summed E-state index contributed by atoms with van der Waals surface area (Å²) in [4.78, 5) is 16.7. The fourth-order valence-corrected chi connectivity index (χ4v) is 2.00. The van der Waals surface area contributed by atoms with Crippen LogP contribution >= 0.6 is 15.9 Å². The molecule has 1 amide bonds. The van der Waals surface area contributed by atoms with E-state index in [1.165, 1.54) is 11.0 Å². The second kappa shape index (κ2) is 3.65. The molecule has 0 spiro atoms. The Balaban J connectivity index is 2.27. The van der Waals surface area contributed by atoms with E-state index >= 15 is 0 Å². The number of nitrogens with zero attached hydrogens (tertiary/aromatic N) is 2. The highest BCUT2D eigenvalue weighted by Gasteiger charge is 2.29. The third-order valence-corrected chi connectivity index (χ3v) is 2.67. The van der Waals surface area contributed by atoms with Gasteiger partial charge in [0.2, 0.25) is 11.9 Å². The summed E-state index contributed by atoms with van der Waals surface area (Å²) in [6.07, 6.45) is 0.443. The van der Waals surface area contributed by atoms with Crippen molar-refractivity contribution in [3.8, 4) is 0 Å². The maximum Gasteiger partial charge on any atom is 0.229 e. The number of carbonyl (C=O) groups excluding carboxylic acids is 1. The quantitative estimate of drug-likeness (QED) is 0.568. The van der Waals surface area contributed by atoms with Crippen LogP contribution in [0.1, 0.15) is 6.42 Å². The van der Waals surface area contributed by atoms with Gasteiger partial charge in [0.1, 0.15) is 5.82 Å². The van der Waals surface area contributed by atoms with E-state index in [2.05, 4.69) is 20.9 Å². The van der Waals surface area contributed by atoms with Crippen LogP contribution in [0.3, 0.4) is 0 Å². The Morgan fingerprint density at radius 1 is 1.57 bits per heavy atom. The van der Waals surface area contributed by atoms with Gasteiger partial charge in [-0.25, -0.2) is 4.98 Å². The molecule has 0 saturated carbocycles. The Kier molecular flexibility index (Phi) is 2.50. The predicted molar refractivity (Wildman–Crippen MR) is 53.9 cm³/mol. The number of aromatic nitrogens is 1. The Labute approximate surface area is 89.1 Å². The summed E-state index contributed by atoms with van der Waals surface area (Å²) in [7, 11) is 0. The Bertz CT molecular complexity index is 372. The number of hydrogen-bond acceptors (Lipinski definition) is 2. The maximum atomic E-state index is 12.8.